The first kappa shape index (κ1) is 21.6. The van der Waals surface area contributed by atoms with Gasteiger partial charge in [0.1, 0.15) is 12.6 Å². The number of hydrogen-bond acceptors (Lipinski definition) is 6. The normalized spacial score (nSPS) is 22.8. The summed E-state index contributed by atoms with van der Waals surface area (Å²) in [7, 11) is -3.93. The molecule has 1 aromatic rings. The van der Waals surface area contributed by atoms with E-state index in [-0.39, 0.29) is 25.1 Å². The van der Waals surface area contributed by atoms with Gasteiger partial charge in [-0.05, 0) is 31.4 Å². The van der Waals surface area contributed by atoms with Crippen LogP contribution < -0.4 is 5.32 Å². The Bertz CT molecular complexity index is 682. The summed E-state index contributed by atoms with van der Waals surface area (Å²) < 4.78 is 17.4. The summed E-state index contributed by atoms with van der Waals surface area (Å²) in [4.78, 5) is 27.1. The lowest BCUT2D eigenvalue weighted by molar-refractivity contribution is -0.140. The zero-order valence-electron chi connectivity index (χ0n) is 15.4. The molecule has 1 fully saturated rings. The first-order valence-corrected chi connectivity index (χ1v) is 10.8. The van der Waals surface area contributed by atoms with Crippen LogP contribution in [-0.2, 0) is 25.3 Å². The lowest BCUT2D eigenvalue weighted by atomic mass is 9.87. The fourth-order valence-electron chi connectivity index (χ4n) is 2.97. The zero-order chi connectivity index (χ0) is 19.7. The van der Waals surface area contributed by atoms with Crippen molar-refractivity contribution in [3.05, 3.63) is 35.9 Å². The SMILES string of the molecule is CCCOP(=O)(O)C/C(=N/OCc1ccccc1)C1CCCNC1C(=O)O. The predicted molar refractivity (Wildman–Crippen MR) is 102 cm³/mol. The lowest BCUT2D eigenvalue weighted by Crippen LogP contribution is -2.50. The highest BCUT2D eigenvalue weighted by atomic mass is 31.2. The second-order valence-electron chi connectivity index (χ2n) is 6.49. The van der Waals surface area contributed by atoms with Crippen LogP contribution in [0, 0.1) is 5.92 Å². The summed E-state index contributed by atoms with van der Waals surface area (Å²) in [5, 5.41) is 16.5. The minimum Gasteiger partial charge on any atom is -0.480 e. The van der Waals surface area contributed by atoms with Crippen LogP contribution in [0.2, 0.25) is 0 Å². The minimum absolute atomic E-state index is 0.150. The Kier molecular flexibility index (Phi) is 8.44. The van der Waals surface area contributed by atoms with Gasteiger partial charge in [0, 0.05) is 5.92 Å². The summed E-state index contributed by atoms with van der Waals surface area (Å²) >= 11 is 0. The van der Waals surface area contributed by atoms with Crippen molar-refractivity contribution in [2.75, 3.05) is 19.3 Å². The molecule has 1 aliphatic heterocycles. The van der Waals surface area contributed by atoms with E-state index in [0.717, 1.165) is 12.0 Å². The Labute approximate surface area is 159 Å². The molecule has 0 amide bonds. The monoisotopic (exact) mass is 398 g/mol. The van der Waals surface area contributed by atoms with Crippen molar-refractivity contribution in [3.63, 3.8) is 0 Å². The summed E-state index contributed by atoms with van der Waals surface area (Å²) in [5.41, 5.74) is 1.14. The highest BCUT2D eigenvalue weighted by Gasteiger charge is 2.37. The van der Waals surface area contributed by atoms with Gasteiger partial charge in [-0.1, -0.05) is 42.4 Å². The Morgan fingerprint density at radius 3 is 2.78 bits per heavy atom. The first-order chi connectivity index (χ1) is 12.9. The smallest absolute Gasteiger partial charge is 0.333 e. The van der Waals surface area contributed by atoms with E-state index in [2.05, 4.69) is 10.5 Å². The number of hydrogen-bond donors (Lipinski definition) is 3. The molecular formula is C18H27N2O6P. The number of rotatable bonds is 10. The van der Waals surface area contributed by atoms with Crippen molar-refractivity contribution in [2.24, 2.45) is 11.1 Å². The molecule has 8 nitrogen and oxygen atoms in total. The zero-order valence-corrected chi connectivity index (χ0v) is 16.3. The van der Waals surface area contributed by atoms with Gasteiger partial charge in [0.15, 0.2) is 0 Å². The highest BCUT2D eigenvalue weighted by molar-refractivity contribution is 7.53. The van der Waals surface area contributed by atoms with Gasteiger partial charge in [-0.2, -0.15) is 0 Å². The molecule has 0 radical (unpaired) electrons. The van der Waals surface area contributed by atoms with E-state index in [9.17, 15) is 19.4 Å². The van der Waals surface area contributed by atoms with Gasteiger partial charge >= 0.3 is 13.6 Å². The van der Waals surface area contributed by atoms with E-state index in [4.69, 9.17) is 9.36 Å². The van der Waals surface area contributed by atoms with E-state index >= 15 is 0 Å². The molecule has 1 heterocycles. The van der Waals surface area contributed by atoms with Crippen molar-refractivity contribution in [3.8, 4) is 0 Å². The van der Waals surface area contributed by atoms with Crippen molar-refractivity contribution < 1.29 is 28.7 Å². The van der Waals surface area contributed by atoms with E-state index < -0.39 is 25.5 Å². The topological polar surface area (TPSA) is 117 Å². The third-order valence-corrected chi connectivity index (χ3v) is 5.58. The summed E-state index contributed by atoms with van der Waals surface area (Å²) in [6.07, 6.45) is 1.55. The van der Waals surface area contributed by atoms with Crippen LogP contribution in [-0.4, -0.2) is 47.0 Å². The molecule has 1 aliphatic rings. The summed E-state index contributed by atoms with van der Waals surface area (Å²) in [6, 6.07) is 8.50. The van der Waals surface area contributed by atoms with Crippen molar-refractivity contribution in [1.29, 1.82) is 0 Å². The van der Waals surface area contributed by atoms with Crippen LogP contribution in [0.15, 0.2) is 35.5 Å². The molecule has 0 aliphatic carbocycles. The molecule has 3 N–H and O–H groups in total. The van der Waals surface area contributed by atoms with Crippen LogP contribution >= 0.6 is 7.60 Å². The lowest BCUT2D eigenvalue weighted by Gasteiger charge is -2.30. The van der Waals surface area contributed by atoms with Crippen molar-refractivity contribution >= 4 is 19.3 Å². The fourth-order valence-corrected chi connectivity index (χ4v) is 4.23. The standard InChI is InChI=1S/C18H27N2O6P/c1-2-11-26-27(23,24)13-16(15-9-6-10-19-17(15)18(21)22)20-25-12-14-7-4-3-5-8-14/h3-5,7-8,15,17,19H,2,6,9-13H2,1H3,(H,21,22)(H,23,24)/b20-16-. The number of aliphatic carboxylic acids is 1. The molecule has 1 aromatic carbocycles. The largest absolute Gasteiger partial charge is 0.480 e. The van der Waals surface area contributed by atoms with Gasteiger partial charge in [-0.25, -0.2) is 0 Å². The van der Waals surface area contributed by atoms with Crippen molar-refractivity contribution in [2.45, 2.75) is 38.8 Å². The average Bonchev–Trinajstić information content (AvgIpc) is 2.66. The number of carboxylic acid groups (broad SMARTS) is 1. The molecule has 9 heteroatoms. The number of piperidine rings is 1. The quantitative estimate of drug-likeness (QED) is 0.315. The van der Waals surface area contributed by atoms with Gasteiger partial charge in [-0.15, -0.1) is 0 Å². The second-order valence-corrected chi connectivity index (χ2v) is 8.34. The molecule has 27 heavy (non-hydrogen) atoms. The Hall–Kier alpha value is -1.73. The third-order valence-electron chi connectivity index (χ3n) is 4.27. The number of benzene rings is 1. The second kappa shape index (κ2) is 10.6. The average molecular weight is 398 g/mol. The molecule has 1 saturated heterocycles. The molecule has 0 aromatic heterocycles. The van der Waals surface area contributed by atoms with Crippen LogP contribution in [0.4, 0.5) is 0 Å². The molecule has 0 spiro atoms. The number of carboxylic acids is 1. The molecule has 2 rings (SSSR count). The fraction of sp³-hybridized carbons (Fsp3) is 0.556. The Balaban J connectivity index is 2.17. The van der Waals surface area contributed by atoms with Crippen molar-refractivity contribution in [1.82, 2.24) is 5.32 Å². The maximum Gasteiger partial charge on any atom is 0.333 e. The third kappa shape index (κ3) is 7.07. The van der Waals surface area contributed by atoms with Gasteiger partial charge < -0.3 is 24.7 Å². The number of oxime groups is 1. The number of nitrogens with one attached hydrogen (secondary N) is 1. The Morgan fingerprint density at radius 2 is 2.11 bits per heavy atom. The van der Waals surface area contributed by atoms with E-state index in [1.807, 2.05) is 37.3 Å². The van der Waals surface area contributed by atoms with Crippen LogP contribution in [0.1, 0.15) is 31.7 Å². The number of nitrogens with zero attached hydrogens (tertiary/aromatic N) is 1. The van der Waals surface area contributed by atoms with Crippen LogP contribution in [0.25, 0.3) is 0 Å². The van der Waals surface area contributed by atoms with Gasteiger partial charge in [-0.3, -0.25) is 9.36 Å². The summed E-state index contributed by atoms with van der Waals surface area (Å²) in [6.45, 7) is 2.75. The summed E-state index contributed by atoms with van der Waals surface area (Å²) in [5.74, 6) is -1.55. The van der Waals surface area contributed by atoms with Gasteiger partial charge in [0.2, 0.25) is 0 Å². The van der Waals surface area contributed by atoms with Gasteiger partial charge in [0.25, 0.3) is 0 Å². The highest BCUT2D eigenvalue weighted by Crippen LogP contribution is 2.43. The minimum atomic E-state index is -3.93. The first-order valence-electron chi connectivity index (χ1n) is 9.08. The molecule has 3 unspecified atom stereocenters. The van der Waals surface area contributed by atoms with Crippen LogP contribution in [0.5, 0.6) is 0 Å². The number of carbonyl (C=O) groups is 1. The van der Waals surface area contributed by atoms with E-state index in [0.29, 0.717) is 19.4 Å². The predicted octanol–water partition coefficient (Wildman–Crippen LogP) is 2.62. The molecule has 3 atom stereocenters. The Morgan fingerprint density at radius 1 is 1.37 bits per heavy atom. The van der Waals surface area contributed by atoms with E-state index in [1.165, 1.54) is 0 Å². The van der Waals surface area contributed by atoms with Gasteiger partial charge in [0.05, 0.1) is 18.5 Å². The molecule has 150 valence electrons. The molecule has 0 bridgehead atoms. The van der Waals surface area contributed by atoms with Crippen LogP contribution in [0.3, 0.4) is 0 Å². The molecular weight excluding hydrogens is 371 g/mol. The maximum atomic E-state index is 12.4. The molecule has 0 saturated carbocycles. The van der Waals surface area contributed by atoms with E-state index in [1.54, 1.807) is 0 Å². The maximum absolute atomic E-state index is 12.4.